The van der Waals surface area contributed by atoms with Gasteiger partial charge < -0.3 is 55.8 Å². The summed E-state index contributed by atoms with van der Waals surface area (Å²) in [6, 6.07) is 24.7. The van der Waals surface area contributed by atoms with E-state index in [4.69, 9.17) is 50.6 Å². The number of ether oxygens (including phenoxy) is 5. The number of halogens is 1. The van der Waals surface area contributed by atoms with Crippen molar-refractivity contribution in [3.05, 3.63) is 135 Å². The summed E-state index contributed by atoms with van der Waals surface area (Å²) in [5, 5.41) is 34.5. The Morgan fingerprint density at radius 2 is 1.40 bits per heavy atom. The van der Waals surface area contributed by atoms with Gasteiger partial charge in [-0.15, -0.1) is 12.4 Å². The van der Waals surface area contributed by atoms with Crippen LogP contribution in [0.5, 0.6) is 0 Å². The smallest absolute Gasteiger partial charge is 0.460 e. The summed E-state index contributed by atoms with van der Waals surface area (Å²) in [5.41, 5.74) is 14.8. The highest BCUT2D eigenvalue weighted by Crippen LogP contribution is 2.26. The standard InChI is InChI=1S/C35H37N7O7.C10H14BNO5.ClH/c1-47-13-14-48-34(45)26-15-25(16-27(36)17-26)29-19-39-32(40-28-11-12-28)33(44)42(29)20-30(43)38-18-22-7-9-24(10-8-22)31(37)41-35(46)49-21-23-5-3-2-4-6-23;1-16-2-3-17-10(13)7-4-8(11(14)15)6-9(12)5-7;/h2-10,15-17,19,28H,11-14,18,20-21,36H2,1H3,(H,38,43)(H,39,40)(H2,37,41,46);4-6,14-15H,2-3,12H2,1H3;1H. The number of hydrogen-bond donors (Lipinski definition) is 8. The van der Waals surface area contributed by atoms with Gasteiger partial charge in [-0.25, -0.2) is 19.4 Å². The van der Waals surface area contributed by atoms with Gasteiger partial charge in [0.05, 0.1) is 36.2 Å². The number of nitrogen functional groups attached to an aromatic ring is 2. The van der Waals surface area contributed by atoms with Crippen LogP contribution in [0.25, 0.3) is 11.3 Å². The molecular weight excluding hydrogens is 891 g/mol. The van der Waals surface area contributed by atoms with E-state index < -0.39 is 36.6 Å². The van der Waals surface area contributed by atoms with Crippen molar-refractivity contribution in [2.24, 2.45) is 0 Å². The van der Waals surface area contributed by atoms with Gasteiger partial charge in [-0.2, -0.15) is 0 Å². The van der Waals surface area contributed by atoms with Crippen LogP contribution >= 0.6 is 12.4 Å². The molecule has 0 atom stereocenters. The van der Waals surface area contributed by atoms with Gasteiger partial charge in [0.15, 0.2) is 5.82 Å². The van der Waals surface area contributed by atoms with E-state index in [-0.39, 0.29) is 103 Å². The quantitative estimate of drug-likeness (QED) is 0.0112. The molecule has 20 nitrogen and oxygen atoms in total. The van der Waals surface area contributed by atoms with E-state index in [0.717, 1.165) is 24.0 Å². The molecule has 67 heavy (non-hydrogen) atoms. The number of rotatable bonds is 19. The molecule has 1 heterocycles. The maximum atomic E-state index is 13.6. The molecule has 5 aromatic rings. The van der Waals surface area contributed by atoms with Crippen LogP contribution in [0.2, 0.25) is 0 Å². The molecule has 1 aliphatic rings. The van der Waals surface area contributed by atoms with E-state index in [2.05, 4.69) is 20.9 Å². The summed E-state index contributed by atoms with van der Waals surface area (Å²) in [6.07, 6.45) is 2.55. The number of aromatic nitrogens is 2. The number of hydrogen-bond acceptors (Lipinski definition) is 17. The minimum absolute atomic E-state index is 0. The summed E-state index contributed by atoms with van der Waals surface area (Å²) in [6.45, 7) is 0.581. The van der Waals surface area contributed by atoms with E-state index in [0.29, 0.717) is 17.7 Å². The highest BCUT2D eigenvalue weighted by molar-refractivity contribution is 6.58. The van der Waals surface area contributed by atoms with Crippen molar-refractivity contribution in [2.45, 2.75) is 38.6 Å². The minimum atomic E-state index is -1.68. The molecule has 354 valence electrons. The van der Waals surface area contributed by atoms with Crippen molar-refractivity contribution in [1.29, 1.82) is 5.41 Å². The van der Waals surface area contributed by atoms with Gasteiger partial charge in [-0.3, -0.25) is 24.9 Å². The first-order valence-corrected chi connectivity index (χ1v) is 20.5. The van der Waals surface area contributed by atoms with E-state index in [1.165, 1.54) is 55.3 Å². The van der Waals surface area contributed by atoms with Crippen LogP contribution in [-0.2, 0) is 48.2 Å². The summed E-state index contributed by atoms with van der Waals surface area (Å²) in [4.78, 5) is 67.4. The third-order valence-electron chi connectivity index (χ3n) is 9.49. The highest BCUT2D eigenvalue weighted by Gasteiger charge is 2.25. The van der Waals surface area contributed by atoms with Crippen molar-refractivity contribution < 1.29 is 52.9 Å². The Morgan fingerprint density at radius 1 is 0.791 bits per heavy atom. The first kappa shape index (κ1) is 52.3. The van der Waals surface area contributed by atoms with E-state index in [1.807, 2.05) is 30.3 Å². The summed E-state index contributed by atoms with van der Waals surface area (Å²) in [5.74, 6) is -1.66. The molecule has 2 amide bonds. The van der Waals surface area contributed by atoms with Gasteiger partial charge in [-0.05, 0) is 65.8 Å². The van der Waals surface area contributed by atoms with Gasteiger partial charge in [0.1, 0.15) is 32.2 Å². The number of nitrogens with two attached hydrogens (primary N) is 2. The molecule has 10 N–H and O–H groups in total. The van der Waals surface area contributed by atoms with Gasteiger partial charge in [0, 0.05) is 49.3 Å². The minimum Gasteiger partial charge on any atom is -0.460 e. The number of methoxy groups -OCH3 is 2. The third-order valence-corrected chi connectivity index (χ3v) is 9.49. The lowest BCUT2D eigenvalue weighted by molar-refractivity contribution is -0.121. The van der Waals surface area contributed by atoms with Gasteiger partial charge in [-0.1, -0.05) is 54.6 Å². The summed E-state index contributed by atoms with van der Waals surface area (Å²) in [7, 11) is 1.31. The molecule has 4 aromatic carbocycles. The summed E-state index contributed by atoms with van der Waals surface area (Å²) < 4.78 is 26.2. The Kier molecular flexibility index (Phi) is 20.3. The molecule has 0 saturated heterocycles. The summed E-state index contributed by atoms with van der Waals surface area (Å²) >= 11 is 0. The molecule has 0 aliphatic heterocycles. The first-order valence-electron chi connectivity index (χ1n) is 20.5. The SMILES string of the molecule is COCCOC(=O)c1cc(N)cc(-c2cnc(NC3CC3)c(=O)n2CC(=O)NCc2ccc(C(=N)NC(=O)OCc3ccccc3)cc2)c1.COCCOC(=O)c1cc(N)cc(B(O)O)c1.Cl. The Hall–Kier alpha value is -7.30. The fourth-order valence-corrected chi connectivity index (χ4v) is 5.98. The first-order chi connectivity index (χ1) is 31.7. The Bertz CT molecular complexity index is 2540. The number of amides is 2. The van der Waals surface area contributed by atoms with Gasteiger partial charge in [0.25, 0.3) is 5.56 Å². The maximum Gasteiger partial charge on any atom is 0.488 e. The predicted octanol–water partition coefficient (Wildman–Crippen LogP) is 2.61. The molecule has 1 saturated carbocycles. The number of carbonyl (C=O) groups excluding carboxylic acids is 4. The van der Waals surface area contributed by atoms with Crippen molar-refractivity contribution in [2.75, 3.05) is 57.4 Å². The second-order valence-corrected chi connectivity index (χ2v) is 14.7. The Morgan fingerprint density at radius 3 is 2.00 bits per heavy atom. The molecule has 0 radical (unpaired) electrons. The number of nitrogens with zero attached hydrogens (tertiary/aromatic N) is 2. The average molecular weight is 943 g/mol. The Labute approximate surface area is 392 Å². The van der Waals surface area contributed by atoms with Crippen LogP contribution < -0.4 is 38.4 Å². The van der Waals surface area contributed by atoms with E-state index in [9.17, 15) is 24.0 Å². The van der Waals surface area contributed by atoms with Crippen LogP contribution in [0.3, 0.4) is 0 Å². The van der Waals surface area contributed by atoms with Crippen molar-refractivity contribution in [3.63, 3.8) is 0 Å². The van der Waals surface area contributed by atoms with Crippen LogP contribution in [0.4, 0.5) is 22.0 Å². The largest absolute Gasteiger partial charge is 0.488 e. The van der Waals surface area contributed by atoms with Crippen molar-refractivity contribution in [1.82, 2.24) is 20.2 Å². The average Bonchev–Trinajstić information content (AvgIpc) is 4.13. The van der Waals surface area contributed by atoms with Gasteiger partial charge in [0.2, 0.25) is 5.91 Å². The van der Waals surface area contributed by atoms with Crippen molar-refractivity contribution in [3.8, 4) is 11.3 Å². The molecule has 1 fully saturated rings. The number of benzene rings is 4. The topological polar surface area (TPSA) is 302 Å². The molecule has 1 aromatic heterocycles. The normalized spacial score (nSPS) is 11.4. The number of amidine groups is 1. The van der Waals surface area contributed by atoms with Crippen LogP contribution in [-0.4, -0.2) is 103 Å². The zero-order valence-corrected chi connectivity index (χ0v) is 37.5. The van der Waals surface area contributed by atoms with Crippen molar-refractivity contribution >= 4 is 72.0 Å². The fourth-order valence-electron chi connectivity index (χ4n) is 5.98. The second kappa shape index (κ2) is 26.0. The zero-order chi connectivity index (χ0) is 47.6. The molecule has 22 heteroatoms. The molecule has 6 rings (SSSR count). The number of esters is 2. The predicted molar refractivity (Wildman–Crippen MR) is 252 cm³/mol. The van der Waals surface area contributed by atoms with E-state index in [1.54, 1.807) is 30.3 Å². The van der Waals surface area contributed by atoms with Gasteiger partial charge >= 0.3 is 25.2 Å². The molecule has 0 spiro atoms. The number of alkyl carbamates (subject to hydrolysis) is 1. The van der Waals surface area contributed by atoms with E-state index >= 15 is 0 Å². The second-order valence-electron chi connectivity index (χ2n) is 14.7. The number of nitrogens with one attached hydrogen (secondary N) is 4. The Balaban J connectivity index is 0.000000460. The molecule has 0 unspecified atom stereocenters. The van der Waals surface area contributed by atoms with Crippen LogP contribution in [0.15, 0.2) is 102 Å². The maximum absolute atomic E-state index is 13.6. The highest BCUT2D eigenvalue weighted by atomic mass is 35.5. The number of carbonyl (C=O) groups is 4. The lowest BCUT2D eigenvalue weighted by Crippen LogP contribution is -2.34. The van der Waals surface area contributed by atoms with Crippen LogP contribution in [0.1, 0.15) is 50.2 Å². The lowest BCUT2D eigenvalue weighted by Gasteiger charge is -2.16. The van der Waals surface area contributed by atoms with Crippen LogP contribution in [0, 0.1) is 5.41 Å². The monoisotopic (exact) mass is 942 g/mol. The lowest BCUT2D eigenvalue weighted by atomic mass is 9.79. The zero-order valence-electron chi connectivity index (χ0n) is 36.7. The number of anilines is 3. The molecule has 1 aliphatic carbocycles. The fraction of sp³-hybridized carbons (Fsp3) is 0.267. The molecular formula is C45H52BClN8O12. The molecule has 0 bridgehead atoms. The third kappa shape index (κ3) is 16.6.